The van der Waals surface area contributed by atoms with Crippen LogP contribution in [0.4, 0.5) is 10.5 Å². The van der Waals surface area contributed by atoms with Gasteiger partial charge in [0.2, 0.25) is 0 Å². The maximum absolute atomic E-state index is 13.0. The zero-order valence-corrected chi connectivity index (χ0v) is 20.8. The Morgan fingerprint density at radius 1 is 1.03 bits per heavy atom. The quantitative estimate of drug-likeness (QED) is 0.540. The number of piperazine rings is 1. The van der Waals surface area contributed by atoms with Crippen LogP contribution in [0.1, 0.15) is 25.5 Å². The fourth-order valence-corrected chi connectivity index (χ4v) is 4.70. The zero-order valence-electron chi connectivity index (χ0n) is 20.1. The lowest BCUT2D eigenvalue weighted by Crippen LogP contribution is -2.51. The van der Waals surface area contributed by atoms with Crippen LogP contribution in [0, 0.1) is 0 Å². The molecule has 0 unspecified atom stereocenters. The number of anilines is 1. The highest BCUT2D eigenvalue weighted by atomic mass is 35.5. The summed E-state index contributed by atoms with van der Waals surface area (Å²) < 4.78 is 10.9. The van der Waals surface area contributed by atoms with Gasteiger partial charge in [0.1, 0.15) is 5.75 Å². The van der Waals surface area contributed by atoms with E-state index >= 15 is 0 Å². The van der Waals surface area contributed by atoms with Gasteiger partial charge in [0.25, 0.3) is 0 Å². The van der Waals surface area contributed by atoms with Gasteiger partial charge in [0.05, 0.1) is 35.5 Å². The molecule has 35 heavy (non-hydrogen) atoms. The maximum atomic E-state index is 13.0. The molecule has 9 heteroatoms. The second kappa shape index (κ2) is 11.5. The molecule has 0 saturated carbocycles. The van der Waals surface area contributed by atoms with Crippen LogP contribution in [0.15, 0.2) is 59.8 Å². The van der Waals surface area contributed by atoms with Crippen molar-refractivity contribution in [1.29, 1.82) is 0 Å². The van der Waals surface area contributed by atoms with Crippen LogP contribution in [-0.4, -0.2) is 62.8 Å². The minimum Gasteiger partial charge on any atom is -0.494 e. The van der Waals surface area contributed by atoms with E-state index in [1.807, 2.05) is 55.5 Å². The molecule has 0 aromatic heterocycles. The Morgan fingerprint density at radius 2 is 1.74 bits per heavy atom. The molecule has 4 rings (SSSR count). The van der Waals surface area contributed by atoms with Crippen molar-refractivity contribution in [3.8, 4) is 5.75 Å². The number of ether oxygens (including phenoxy) is 2. The first kappa shape index (κ1) is 24.9. The molecular weight excluding hydrogens is 468 g/mol. The molecule has 1 atom stereocenters. The van der Waals surface area contributed by atoms with Crippen molar-refractivity contribution in [1.82, 2.24) is 15.5 Å². The molecule has 2 aromatic carbocycles. The fraction of sp³-hybridized carbons (Fsp3) is 0.385. The molecular formula is C26H31ClN4O4. The summed E-state index contributed by atoms with van der Waals surface area (Å²) in [6.45, 7) is 8.05. The Morgan fingerprint density at radius 3 is 2.40 bits per heavy atom. The highest BCUT2D eigenvalue weighted by Crippen LogP contribution is 2.30. The standard InChI is InChI=1S/C26H31ClN4O4/c1-3-34-19-11-9-18(10-12-19)24-23(25(32)35-4-2)21(28-26(33)29-24)17-30-13-15-31(16-14-30)22-8-6-5-7-20(22)27/h5-12,24H,3-4,13-17H2,1-2H3,(H2,28,29,33)/t24-/m1/s1. The second-order valence-corrected chi connectivity index (χ2v) is 8.77. The number of nitrogens with one attached hydrogen (secondary N) is 2. The Labute approximate surface area is 210 Å². The van der Waals surface area contributed by atoms with E-state index in [9.17, 15) is 9.59 Å². The molecule has 2 aliphatic rings. The van der Waals surface area contributed by atoms with E-state index in [0.29, 0.717) is 24.4 Å². The van der Waals surface area contributed by atoms with E-state index in [1.165, 1.54) is 0 Å². The summed E-state index contributed by atoms with van der Waals surface area (Å²) in [6, 6.07) is 14.3. The van der Waals surface area contributed by atoms with E-state index in [-0.39, 0.29) is 12.6 Å². The molecule has 2 heterocycles. The number of halogens is 1. The third kappa shape index (κ3) is 5.89. The molecule has 0 radical (unpaired) electrons. The smallest absolute Gasteiger partial charge is 0.338 e. The Kier molecular flexibility index (Phi) is 8.15. The molecule has 0 bridgehead atoms. The van der Waals surface area contributed by atoms with Crippen molar-refractivity contribution in [2.75, 3.05) is 50.8 Å². The Balaban J connectivity index is 1.55. The highest BCUT2D eigenvalue weighted by Gasteiger charge is 2.34. The number of urea groups is 1. The number of para-hydroxylation sites is 1. The van der Waals surface area contributed by atoms with E-state index in [0.717, 1.165) is 48.2 Å². The first-order chi connectivity index (χ1) is 17.0. The van der Waals surface area contributed by atoms with Crippen molar-refractivity contribution in [2.24, 2.45) is 0 Å². The Bertz CT molecular complexity index is 1080. The number of rotatable bonds is 8. The van der Waals surface area contributed by atoms with Crippen LogP contribution >= 0.6 is 11.6 Å². The van der Waals surface area contributed by atoms with Gasteiger partial charge in [0.15, 0.2) is 0 Å². The third-order valence-corrected chi connectivity index (χ3v) is 6.44. The minimum atomic E-state index is -0.613. The van der Waals surface area contributed by atoms with Crippen LogP contribution in [0.25, 0.3) is 0 Å². The lowest BCUT2D eigenvalue weighted by atomic mass is 9.94. The van der Waals surface area contributed by atoms with Crippen LogP contribution < -0.4 is 20.3 Å². The summed E-state index contributed by atoms with van der Waals surface area (Å²) >= 11 is 6.37. The average molecular weight is 499 g/mol. The molecule has 2 amide bonds. The van der Waals surface area contributed by atoms with Gasteiger partial charge in [-0.2, -0.15) is 0 Å². The van der Waals surface area contributed by atoms with Gasteiger partial charge in [-0.05, 0) is 43.7 Å². The number of esters is 1. The van der Waals surface area contributed by atoms with Gasteiger partial charge in [-0.3, -0.25) is 4.90 Å². The Hall–Kier alpha value is -3.23. The molecule has 186 valence electrons. The van der Waals surface area contributed by atoms with Crippen LogP contribution in [0.2, 0.25) is 5.02 Å². The predicted octanol–water partition coefficient (Wildman–Crippen LogP) is 3.73. The molecule has 2 aliphatic heterocycles. The molecule has 8 nitrogen and oxygen atoms in total. The van der Waals surface area contributed by atoms with Gasteiger partial charge in [0, 0.05) is 38.4 Å². The molecule has 2 N–H and O–H groups in total. The zero-order chi connectivity index (χ0) is 24.8. The predicted molar refractivity (Wildman–Crippen MR) is 136 cm³/mol. The summed E-state index contributed by atoms with van der Waals surface area (Å²) in [6.07, 6.45) is 0. The average Bonchev–Trinajstić information content (AvgIpc) is 2.85. The number of nitrogens with zero attached hydrogens (tertiary/aromatic N) is 2. The molecule has 2 aromatic rings. The third-order valence-electron chi connectivity index (χ3n) is 6.12. The van der Waals surface area contributed by atoms with Gasteiger partial charge >= 0.3 is 12.0 Å². The number of amides is 2. The first-order valence-electron chi connectivity index (χ1n) is 11.9. The summed E-state index contributed by atoms with van der Waals surface area (Å²) in [5.74, 6) is 0.290. The highest BCUT2D eigenvalue weighted by molar-refractivity contribution is 6.33. The van der Waals surface area contributed by atoms with Crippen molar-refractivity contribution in [3.05, 3.63) is 70.4 Å². The van der Waals surface area contributed by atoms with Gasteiger partial charge in [-0.1, -0.05) is 35.9 Å². The number of hydrogen-bond donors (Lipinski definition) is 2. The van der Waals surface area contributed by atoms with Crippen molar-refractivity contribution < 1.29 is 19.1 Å². The van der Waals surface area contributed by atoms with Crippen molar-refractivity contribution in [2.45, 2.75) is 19.9 Å². The maximum Gasteiger partial charge on any atom is 0.338 e. The van der Waals surface area contributed by atoms with E-state index in [2.05, 4.69) is 20.4 Å². The van der Waals surface area contributed by atoms with E-state index in [1.54, 1.807) is 6.92 Å². The van der Waals surface area contributed by atoms with Crippen LogP contribution in [0.3, 0.4) is 0 Å². The lowest BCUT2D eigenvalue weighted by Gasteiger charge is -2.38. The van der Waals surface area contributed by atoms with E-state index in [4.69, 9.17) is 21.1 Å². The van der Waals surface area contributed by atoms with Gasteiger partial charge in [-0.15, -0.1) is 0 Å². The molecule has 1 saturated heterocycles. The number of carbonyl (C=O) groups is 2. The van der Waals surface area contributed by atoms with Gasteiger partial charge in [-0.25, -0.2) is 9.59 Å². The number of hydrogen-bond acceptors (Lipinski definition) is 6. The fourth-order valence-electron chi connectivity index (χ4n) is 4.44. The van der Waals surface area contributed by atoms with Gasteiger partial charge < -0.3 is 25.0 Å². The normalized spacial score (nSPS) is 18.7. The van der Waals surface area contributed by atoms with Crippen LogP contribution in [0.5, 0.6) is 5.75 Å². The largest absolute Gasteiger partial charge is 0.494 e. The second-order valence-electron chi connectivity index (χ2n) is 8.36. The van der Waals surface area contributed by atoms with Crippen molar-refractivity contribution >= 4 is 29.3 Å². The number of carbonyl (C=O) groups excluding carboxylic acids is 2. The SMILES string of the molecule is CCOC(=O)C1=C(CN2CCN(c3ccccc3Cl)CC2)NC(=O)N[C@@H]1c1ccc(OCC)cc1. The summed E-state index contributed by atoms with van der Waals surface area (Å²) in [5.41, 5.74) is 2.79. The monoisotopic (exact) mass is 498 g/mol. The summed E-state index contributed by atoms with van der Waals surface area (Å²) in [4.78, 5) is 30.1. The number of benzene rings is 2. The first-order valence-corrected chi connectivity index (χ1v) is 12.3. The molecule has 0 spiro atoms. The topological polar surface area (TPSA) is 83.1 Å². The summed E-state index contributed by atoms with van der Waals surface area (Å²) in [7, 11) is 0. The minimum absolute atomic E-state index is 0.246. The molecule has 0 aliphatic carbocycles. The van der Waals surface area contributed by atoms with Crippen molar-refractivity contribution in [3.63, 3.8) is 0 Å². The summed E-state index contributed by atoms with van der Waals surface area (Å²) in [5, 5.41) is 6.48. The lowest BCUT2D eigenvalue weighted by molar-refractivity contribution is -0.139. The molecule has 1 fully saturated rings. The van der Waals surface area contributed by atoms with Crippen LogP contribution in [-0.2, 0) is 9.53 Å². The van der Waals surface area contributed by atoms with E-state index < -0.39 is 12.0 Å².